The van der Waals surface area contributed by atoms with Crippen molar-refractivity contribution < 1.29 is 23.7 Å². The first-order valence-electron chi connectivity index (χ1n) is 11.0. The van der Waals surface area contributed by atoms with Gasteiger partial charge in [0.15, 0.2) is 23.0 Å². The molecule has 0 spiro atoms. The monoisotopic (exact) mass is 450 g/mol. The van der Waals surface area contributed by atoms with Crippen molar-refractivity contribution in [2.75, 3.05) is 42.1 Å². The van der Waals surface area contributed by atoms with Crippen molar-refractivity contribution in [3.63, 3.8) is 0 Å². The number of methoxy groups -OCH3 is 5. The first-order valence-corrected chi connectivity index (χ1v) is 11.0. The van der Waals surface area contributed by atoms with Gasteiger partial charge in [0.2, 0.25) is 5.75 Å². The van der Waals surface area contributed by atoms with Gasteiger partial charge in [-0.1, -0.05) is 12.1 Å². The quantitative estimate of drug-likeness (QED) is 0.610. The first-order chi connectivity index (χ1) is 16.1. The predicted octanol–water partition coefficient (Wildman–Crippen LogP) is 4.62. The molecule has 1 fully saturated rings. The Hall–Kier alpha value is -3.53. The van der Waals surface area contributed by atoms with Crippen LogP contribution in [-0.4, -0.2) is 53.0 Å². The number of rotatable bonds is 7. The van der Waals surface area contributed by atoms with Crippen molar-refractivity contribution in [3.05, 3.63) is 47.2 Å². The molecule has 0 amide bonds. The average Bonchev–Trinajstić information content (AvgIpc) is 3.34. The zero-order valence-electron chi connectivity index (χ0n) is 19.8. The molecule has 2 aliphatic rings. The molecule has 0 N–H and O–H groups in total. The Balaban J connectivity index is 1.96. The molecule has 0 bridgehead atoms. The second-order valence-electron chi connectivity index (χ2n) is 8.15. The van der Waals surface area contributed by atoms with Gasteiger partial charge in [0.25, 0.3) is 0 Å². The molecule has 7 nitrogen and oxygen atoms in total. The molecule has 174 valence electrons. The van der Waals surface area contributed by atoms with Crippen LogP contribution in [0.1, 0.15) is 36.3 Å². The van der Waals surface area contributed by atoms with Crippen molar-refractivity contribution in [1.82, 2.24) is 4.90 Å². The molecule has 1 saturated heterocycles. The van der Waals surface area contributed by atoms with Gasteiger partial charge in [0.05, 0.1) is 35.5 Å². The van der Waals surface area contributed by atoms with E-state index in [-0.39, 0.29) is 5.92 Å². The molecule has 0 aromatic heterocycles. The largest absolute Gasteiger partial charge is 0.493 e. The summed E-state index contributed by atoms with van der Waals surface area (Å²) in [6, 6.07) is 12.6. The number of ether oxygens (including phenoxy) is 5. The number of hydrogen-bond acceptors (Lipinski definition) is 7. The lowest BCUT2D eigenvalue weighted by atomic mass is 9.77. The van der Waals surface area contributed by atoms with E-state index in [2.05, 4.69) is 11.0 Å². The van der Waals surface area contributed by atoms with E-state index < -0.39 is 0 Å². The number of nitriles is 1. The molecule has 2 unspecified atom stereocenters. The summed E-state index contributed by atoms with van der Waals surface area (Å²) in [4.78, 5) is 2.26. The van der Waals surface area contributed by atoms with Gasteiger partial charge >= 0.3 is 0 Å². The van der Waals surface area contributed by atoms with Crippen LogP contribution in [0.2, 0.25) is 0 Å². The molecule has 2 aromatic rings. The predicted molar refractivity (Wildman–Crippen MR) is 125 cm³/mol. The standard InChI is InChI=1S/C26H30N2O5/c1-29-21-10-8-16(13-23(21)31-3)24-19(14-17-7-6-12-28(17)20(24)15-27)18-9-11-22(30-2)26(33-5)25(18)32-4/h8-11,13,17,19H,6-7,12,14H2,1-5H3. The fraction of sp³-hybridized carbons (Fsp3) is 0.423. The van der Waals surface area contributed by atoms with Gasteiger partial charge in [0.1, 0.15) is 11.8 Å². The van der Waals surface area contributed by atoms with Gasteiger partial charge in [-0.2, -0.15) is 5.26 Å². The first kappa shape index (κ1) is 22.7. The van der Waals surface area contributed by atoms with Crippen LogP contribution < -0.4 is 23.7 Å². The summed E-state index contributed by atoms with van der Waals surface area (Å²) in [5.74, 6) is 3.00. The molecule has 0 aliphatic carbocycles. The number of nitrogens with zero attached hydrogens (tertiary/aromatic N) is 2. The van der Waals surface area contributed by atoms with Crippen molar-refractivity contribution in [1.29, 1.82) is 5.26 Å². The number of allylic oxidation sites excluding steroid dienone is 2. The third-order valence-corrected chi connectivity index (χ3v) is 6.69. The maximum Gasteiger partial charge on any atom is 0.203 e. The van der Waals surface area contributed by atoms with Gasteiger partial charge in [-0.3, -0.25) is 0 Å². The van der Waals surface area contributed by atoms with Crippen LogP contribution in [0.5, 0.6) is 28.7 Å². The minimum atomic E-state index is -0.0631. The fourth-order valence-corrected chi connectivity index (χ4v) is 5.23. The van der Waals surface area contributed by atoms with E-state index in [9.17, 15) is 5.26 Å². The Morgan fingerprint density at radius 2 is 1.55 bits per heavy atom. The normalized spacial score (nSPS) is 19.6. The SMILES string of the molecule is COc1ccc(C2=C(C#N)N3CCCC3CC2c2ccc(OC)c(OC)c2OC)cc1OC. The number of hydrogen-bond donors (Lipinski definition) is 0. The Kier molecular flexibility index (Phi) is 6.55. The second-order valence-corrected chi connectivity index (χ2v) is 8.15. The summed E-state index contributed by atoms with van der Waals surface area (Å²) in [6.07, 6.45) is 3.02. The van der Waals surface area contributed by atoms with Crippen LogP contribution in [0.15, 0.2) is 36.0 Å². The molecular weight excluding hydrogens is 420 g/mol. The van der Waals surface area contributed by atoms with E-state index in [0.717, 1.165) is 42.5 Å². The smallest absolute Gasteiger partial charge is 0.203 e. The van der Waals surface area contributed by atoms with Crippen molar-refractivity contribution in [2.24, 2.45) is 0 Å². The Morgan fingerprint density at radius 3 is 2.18 bits per heavy atom. The van der Waals surface area contributed by atoms with Crippen LogP contribution in [0, 0.1) is 11.3 Å². The van der Waals surface area contributed by atoms with Gasteiger partial charge < -0.3 is 28.6 Å². The van der Waals surface area contributed by atoms with Crippen molar-refractivity contribution in [2.45, 2.75) is 31.2 Å². The Morgan fingerprint density at radius 1 is 0.848 bits per heavy atom. The molecular formula is C26H30N2O5. The third-order valence-electron chi connectivity index (χ3n) is 6.69. The lowest BCUT2D eigenvalue weighted by Crippen LogP contribution is -2.35. The number of fused-ring (bicyclic) bond motifs is 1. The molecule has 7 heteroatoms. The zero-order valence-corrected chi connectivity index (χ0v) is 19.8. The fourth-order valence-electron chi connectivity index (χ4n) is 5.23. The van der Waals surface area contributed by atoms with Crippen LogP contribution in [0.4, 0.5) is 0 Å². The van der Waals surface area contributed by atoms with E-state index in [0.29, 0.717) is 40.5 Å². The van der Waals surface area contributed by atoms with E-state index >= 15 is 0 Å². The summed E-state index contributed by atoms with van der Waals surface area (Å²) in [6.45, 7) is 0.889. The summed E-state index contributed by atoms with van der Waals surface area (Å²) < 4.78 is 28.0. The van der Waals surface area contributed by atoms with E-state index in [4.69, 9.17) is 23.7 Å². The van der Waals surface area contributed by atoms with Crippen LogP contribution >= 0.6 is 0 Å². The van der Waals surface area contributed by atoms with Crippen molar-refractivity contribution >= 4 is 5.57 Å². The summed E-state index contributed by atoms with van der Waals surface area (Å²) >= 11 is 0. The Labute approximate surface area is 195 Å². The Bertz CT molecular complexity index is 1100. The zero-order chi connectivity index (χ0) is 23.5. The van der Waals surface area contributed by atoms with Gasteiger partial charge in [-0.25, -0.2) is 0 Å². The van der Waals surface area contributed by atoms with Crippen molar-refractivity contribution in [3.8, 4) is 34.8 Å². The molecule has 2 heterocycles. The van der Waals surface area contributed by atoms with E-state index in [1.165, 1.54) is 0 Å². The third kappa shape index (κ3) is 3.80. The maximum absolute atomic E-state index is 10.3. The van der Waals surface area contributed by atoms with E-state index in [1.54, 1.807) is 35.5 Å². The summed E-state index contributed by atoms with van der Waals surface area (Å²) in [5, 5.41) is 10.3. The molecule has 4 rings (SSSR count). The highest BCUT2D eigenvalue weighted by Gasteiger charge is 2.40. The molecule has 33 heavy (non-hydrogen) atoms. The van der Waals surface area contributed by atoms with Gasteiger partial charge in [0, 0.05) is 29.6 Å². The minimum Gasteiger partial charge on any atom is -0.493 e. The van der Waals surface area contributed by atoms with Crippen LogP contribution in [-0.2, 0) is 0 Å². The highest BCUT2D eigenvalue weighted by Crippen LogP contribution is 2.52. The topological polar surface area (TPSA) is 73.2 Å². The van der Waals surface area contributed by atoms with Crippen LogP contribution in [0.25, 0.3) is 5.57 Å². The van der Waals surface area contributed by atoms with Gasteiger partial charge in [-0.15, -0.1) is 0 Å². The highest BCUT2D eigenvalue weighted by atomic mass is 16.5. The minimum absolute atomic E-state index is 0.0631. The summed E-state index contributed by atoms with van der Waals surface area (Å²) in [5.41, 5.74) is 3.57. The van der Waals surface area contributed by atoms with E-state index in [1.807, 2.05) is 30.3 Å². The molecule has 2 aliphatic heterocycles. The maximum atomic E-state index is 10.3. The lowest BCUT2D eigenvalue weighted by molar-refractivity contribution is 0.288. The molecule has 2 atom stereocenters. The number of benzene rings is 2. The summed E-state index contributed by atoms with van der Waals surface area (Å²) in [7, 11) is 8.08. The molecule has 0 radical (unpaired) electrons. The van der Waals surface area contributed by atoms with Crippen LogP contribution in [0.3, 0.4) is 0 Å². The highest BCUT2D eigenvalue weighted by molar-refractivity contribution is 5.80. The van der Waals surface area contributed by atoms with Gasteiger partial charge in [-0.05, 0) is 43.0 Å². The second kappa shape index (κ2) is 9.53. The molecule has 0 saturated carbocycles. The lowest BCUT2D eigenvalue weighted by Gasteiger charge is -2.38. The molecule has 2 aromatic carbocycles. The average molecular weight is 451 g/mol.